The number of anilines is 1. The lowest BCUT2D eigenvalue weighted by molar-refractivity contribution is 0.312. The molecular formula is C12H15ClN4S. The van der Waals surface area contributed by atoms with Crippen molar-refractivity contribution in [2.75, 3.05) is 12.8 Å². The number of halogens is 1. The van der Waals surface area contributed by atoms with Crippen LogP contribution in [0.3, 0.4) is 0 Å². The van der Waals surface area contributed by atoms with Crippen LogP contribution < -0.4 is 5.73 Å². The Bertz CT molecular complexity index is 541. The third kappa shape index (κ3) is 3.41. The van der Waals surface area contributed by atoms with E-state index in [0.717, 1.165) is 22.9 Å². The van der Waals surface area contributed by atoms with Crippen molar-refractivity contribution in [3.63, 3.8) is 0 Å². The predicted octanol–water partition coefficient (Wildman–Crippen LogP) is 2.71. The second-order valence-electron chi connectivity index (χ2n) is 4.19. The maximum Gasteiger partial charge on any atom is 0.123 e. The molecule has 0 aliphatic heterocycles. The standard InChI is InChI=1S/C12H15ClN4S/c1-8-15-9(7-18-8)5-17(2)6-11-10(13)3-4-12(14)16-11/h3-4,7H,5-6H2,1-2H3,(H2,14,16). The highest BCUT2D eigenvalue weighted by Crippen LogP contribution is 2.18. The normalized spacial score (nSPS) is 11.1. The molecule has 0 spiro atoms. The highest BCUT2D eigenvalue weighted by atomic mass is 35.5. The fraction of sp³-hybridized carbons (Fsp3) is 0.333. The fourth-order valence-electron chi connectivity index (χ4n) is 1.68. The van der Waals surface area contributed by atoms with Gasteiger partial charge in [-0.25, -0.2) is 9.97 Å². The largest absolute Gasteiger partial charge is 0.384 e. The molecule has 2 rings (SSSR count). The molecule has 2 aromatic rings. The number of nitrogens with two attached hydrogens (primary N) is 1. The van der Waals surface area contributed by atoms with Gasteiger partial charge < -0.3 is 5.73 Å². The number of pyridine rings is 1. The van der Waals surface area contributed by atoms with Crippen molar-refractivity contribution >= 4 is 28.8 Å². The van der Waals surface area contributed by atoms with Crippen LogP contribution in [0.2, 0.25) is 5.02 Å². The Kier molecular flexibility index (Phi) is 4.16. The van der Waals surface area contributed by atoms with E-state index in [-0.39, 0.29) is 0 Å². The smallest absolute Gasteiger partial charge is 0.123 e. The van der Waals surface area contributed by atoms with E-state index in [9.17, 15) is 0 Å². The molecule has 2 N–H and O–H groups in total. The summed E-state index contributed by atoms with van der Waals surface area (Å²) in [5.74, 6) is 0.493. The minimum atomic E-state index is 0.493. The van der Waals surface area contributed by atoms with Crippen molar-refractivity contribution in [3.8, 4) is 0 Å². The summed E-state index contributed by atoms with van der Waals surface area (Å²) in [6.45, 7) is 3.43. The van der Waals surface area contributed by atoms with Gasteiger partial charge in [-0.3, -0.25) is 4.90 Å². The lowest BCUT2D eigenvalue weighted by atomic mass is 10.3. The van der Waals surface area contributed by atoms with Crippen LogP contribution in [0.4, 0.5) is 5.82 Å². The van der Waals surface area contributed by atoms with Crippen molar-refractivity contribution in [1.82, 2.24) is 14.9 Å². The molecule has 0 saturated heterocycles. The van der Waals surface area contributed by atoms with Gasteiger partial charge in [0.2, 0.25) is 0 Å². The molecule has 2 heterocycles. The second kappa shape index (κ2) is 5.65. The van der Waals surface area contributed by atoms with Crippen molar-refractivity contribution in [1.29, 1.82) is 0 Å². The summed E-state index contributed by atoms with van der Waals surface area (Å²) < 4.78 is 0. The first kappa shape index (κ1) is 13.3. The molecule has 0 aromatic carbocycles. The molecule has 0 aliphatic rings. The number of hydrogen-bond acceptors (Lipinski definition) is 5. The molecule has 0 radical (unpaired) electrons. The van der Waals surface area contributed by atoms with Gasteiger partial charge in [0.25, 0.3) is 0 Å². The molecular weight excluding hydrogens is 268 g/mol. The SMILES string of the molecule is Cc1nc(CN(C)Cc2nc(N)ccc2Cl)cs1. The number of thiazole rings is 1. The van der Waals surface area contributed by atoms with Gasteiger partial charge in [-0.1, -0.05) is 11.6 Å². The molecule has 6 heteroatoms. The third-order valence-electron chi connectivity index (χ3n) is 2.46. The zero-order chi connectivity index (χ0) is 13.1. The van der Waals surface area contributed by atoms with Crippen LogP contribution in [0.25, 0.3) is 0 Å². The monoisotopic (exact) mass is 282 g/mol. The van der Waals surface area contributed by atoms with Crippen molar-refractivity contribution in [2.45, 2.75) is 20.0 Å². The average Bonchev–Trinajstić information content (AvgIpc) is 2.69. The Balaban J connectivity index is 2.02. The zero-order valence-electron chi connectivity index (χ0n) is 10.4. The first-order valence-corrected chi connectivity index (χ1v) is 6.81. The van der Waals surface area contributed by atoms with E-state index < -0.39 is 0 Å². The summed E-state index contributed by atoms with van der Waals surface area (Å²) in [7, 11) is 2.01. The summed E-state index contributed by atoms with van der Waals surface area (Å²) in [5, 5.41) is 3.80. The van der Waals surface area contributed by atoms with E-state index in [0.29, 0.717) is 17.4 Å². The molecule has 0 aliphatic carbocycles. The summed E-state index contributed by atoms with van der Waals surface area (Å²) in [5.41, 5.74) is 7.53. The molecule has 2 aromatic heterocycles. The third-order valence-corrected chi connectivity index (χ3v) is 3.62. The first-order valence-electron chi connectivity index (χ1n) is 5.55. The van der Waals surface area contributed by atoms with Gasteiger partial charge in [0.1, 0.15) is 5.82 Å². The molecule has 96 valence electrons. The van der Waals surface area contributed by atoms with Crippen LogP contribution >= 0.6 is 22.9 Å². The average molecular weight is 283 g/mol. The number of aromatic nitrogens is 2. The van der Waals surface area contributed by atoms with Crippen LogP contribution in [-0.4, -0.2) is 21.9 Å². The van der Waals surface area contributed by atoms with Crippen LogP contribution in [0.15, 0.2) is 17.5 Å². The minimum absolute atomic E-state index is 0.493. The Labute approximate surface area is 115 Å². The van der Waals surface area contributed by atoms with E-state index >= 15 is 0 Å². The van der Waals surface area contributed by atoms with E-state index in [2.05, 4.69) is 20.2 Å². The van der Waals surface area contributed by atoms with Gasteiger partial charge in [-0.2, -0.15) is 0 Å². The van der Waals surface area contributed by atoms with E-state index in [1.165, 1.54) is 0 Å². The Morgan fingerprint density at radius 3 is 2.78 bits per heavy atom. The lowest BCUT2D eigenvalue weighted by Gasteiger charge is -2.15. The second-order valence-corrected chi connectivity index (χ2v) is 5.66. The first-order chi connectivity index (χ1) is 8.54. The summed E-state index contributed by atoms with van der Waals surface area (Å²) >= 11 is 7.75. The van der Waals surface area contributed by atoms with Crippen molar-refractivity contribution in [2.24, 2.45) is 0 Å². The molecule has 0 bridgehead atoms. The van der Waals surface area contributed by atoms with Gasteiger partial charge in [0.15, 0.2) is 0 Å². The van der Waals surface area contributed by atoms with Crippen LogP contribution in [-0.2, 0) is 13.1 Å². The van der Waals surface area contributed by atoms with Crippen molar-refractivity contribution in [3.05, 3.63) is 38.9 Å². The molecule has 0 unspecified atom stereocenters. The molecule has 0 fully saturated rings. The number of hydrogen-bond donors (Lipinski definition) is 1. The highest BCUT2D eigenvalue weighted by molar-refractivity contribution is 7.09. The van der Waals surface area contributed by atoms with E-state index in [1.54, 1.807) is 23.5 Å². The van der Waals surface area contributed by atoms with Gasteiger partial charge in [-0.15, -0.1) is 11.3 Å². The number of nitrogens with zero attached hydrogens (tertiary/aromatic N) is 3. The maximum atomic E-state index is 6.09. The number of aryl methyl sites for hydroxylation is 1. The van der Waals surface area contributed by atoms with Crippen LogP contribution in [0, 0.1) is 6.92 Å². The molecule has 18 heavy (non-hydrogen) atoms. The maximum absolute atomic E-state index is 6.09. The van der Waals surface area contributed by atoms with Gasteiger partial charge in [0.05, 0.1) is 21.4 Å². The van der Waals surface area contributed by atoms with Gasteiger partial charge in [-0.05, 0) is 26.1 Å². The van der Waals surface area contributed by atoms with Crippen LogP contribution in [0.1, 0.15) is 16.4 Å². The molecule has 4 nitrogen and oxygen atoms in total. The van der Waals surface area contributed by atoms with Gasteiger partial charge >= 0.3 is 0 Å². The lowest BCUT2D eigenvalue weighted by Crippen LogP contribution is -2.18. The minimum Gasteiger partial charge on any atom is -0.384 e. The van der Waals surface area contributed by atoms with Crippen molar-refractivity contribution < 1.29 is 0 Å². The Hall–Kier alpha value is -1.17. The van der Waals surface area contributed by atoms with E-state index in [1.807, 2.05) is 14.0 Å². The van der Waals surface area contributed by atoms with Gasteiger partial charge in [0, 0.05) is 18.5 Å². The molecule has 0 saturated carbocycles. The van der Waals surface area contributed by atoms with Crippen LogP contribution in [0.5, 0.6) is 0 Å². The quantitative estimate of drug-likeness (QED) is 0.937. The summed E-state index contributed by atoms with van der Waals surface area (Å²) in [4.78, 5) is 10.8. The number of rotatable bonds is 4. The topological polar surface area (TPSA) is 55.0 Å². The predicted molar refractivity (Wildman–Crippen MR) is 75.7 cm³/mol. The molecule has 0 atom stereocenters. The fourth-order valence-corrected chi connectivity index (χ4v) is 2.45. The summed E-state index contributed by atoms with van der Waals surface area (Å²) in [6.07, 6.45) is 0. The molecule has 0 amide bonds. The Morgan fingerprint density at radius 2 is 2.11 bits per heavy atom. The van der Waals surface area contributed by atoms with E-state index in [4.69, 9.17) is 17.3 Å². The number of nitrogen functional groups attached to an aromatic ring is 1. The zero-order valence-corrected chi connectivity index (χ0v) is 11.9. The Morgan fingerprint density at radius 1 is 1.33 bits per heavy atom. The highest BCUT2D eigenvalue weighted by Gasteiger charge is 2.08. The summed E-state index contributed by atoms with van der Waals surface area (Å²) in [6, 6.07) is 3.48.